The lowest BCUT2D eigenvalue weighted by atomic mass is 10.1. The standard InChI is InChI=1S/C26H26N3OS3.ClH/c1-5-29-23(15-22-28(12-13-31-22)16-19-9-7-6-8-18(19)3)33-24(25(29)30)26-27(4)20-14-17(2)10-11-21(20)32-26;/h6-15H,5,16H2,1-4H3;1H/q+1;/p-1/b26-24+;. The van der Waals surface area contributed by atoms with Gasteiger partial charge in [0.1, 0.15) is 14.2 Å². The molecule has 0 unspecified atom stereocenters. The highest BCUT2D eigenvalue weighted by atomic mass is 35.5. The van der Waals surface area contributed by atoms with E-state index in [9.17, 15) is 4.79 Å². The van der Waals surface area contributed by atoms with Gasteiger partial charge in [0.2, 0.25) is 0 Å². The number of nitrogens with zero attached hydrogens (tertiary/aromatic N) is 3. The number of rotatable bonds is 4. The first-order valence-electron chi connectivity index (χ1n) is 11.0. The van der Waals surface area contributed by atoms with Gasteiger partial charge >= 0.3 is 0 Å². The third-order valence-corrected chi connectivity index (χ3v) is 9.31. The number of hydrogen-bond acceptors (Lipinski definition) is 5. The van der Waals surface area contributed by atoms with E-state index < -0.39 is 0 Å². The summed E-state index contributed by atoms with van der Waals surface area (Å²) in [5.74, 6) is 0. The van der Waals surface area contributed by atoms with Crippen LogP contribution >= 0.6 is 34.4 Å². The maximum absolute atomic E-state index is 13.4. The van der Waals surface area contributed by atoms with Crippen LogP contribution in [0.4, 0.5) is 5.69 Å². The van der Waals surface area contributed by atoms with Crippen LogP contribution in [0.2, 0.25) is 0 Å². The molecule has 2 aromatic heterocycles. The number of halogens is 1. The van der Waals surface area contributed by atoms with Crippen molar-refractivity contribution in [1.82, 2.24) is 4.57 Å². The molecule has 0 saturated carbocycles. The summed E-state index contributed by atoms with van der Waals surface area (Å²) in [6.07, 6.45) is 4.29. The molecule has 4 nitrogen and oxygen atoms in total. The van der Waals surface area contributed by atoms with Gasteiger partial charge in [0.15, 0.2) is 12.7 Å². The Kier molecular flexibility index (Phi) is 7.38. The zero-order valence-electron chi connectivity index (χ0n) is 19.5. The second-order valence-corrected chi connectivity index (χ2v) is 11.2. The molecule has 0 aliphatic carbocycles. The Morgan fingerprint density at radius 2 is 1.91 bits per heavy atom. The molecule has 1 aliphatic rings. The number of anilines is 1. The van der Waals surface area contributed by atoms with Crippen LogP contribution in [0.25, 0.3) is 11.1 Å². The summed E-state index contributed by atoms with van der Waals surface area (Å²) in [5, 5.41) is 4.28. The normalized spacial score (nSPS) is 14.9. The Bertz CT molecular complexity index is 1530. The Hall–Kier alpha value is -2.32. The van der Waals surface area contributed by atoms with Crippen molar-refractivity contribution in [3.05, 3.63) is 95.3 Å². The quantitative estimate of drug-likeness (QED) is 0.372. The lowest BCUT2D eigenvalue weighted by Gasteiger charge is -2.12. The van der Waals surface area contributed by atoms with Crippen molar-refractivity contribution in [2.75, 3.05) is 11.9 Å². The molecule has 0 saturated heterocycles. The predicted molar refractivity (Wildman–Crippen MR) is 141 cm³/mol. The minimum atomic E-state index is 0. The van der Waals surface area contributed by atoms with E-state index in [-0.39, 0.29) is 18.0 Å². The van der Waals surface area contributed by atoms with Crippen LogP contribution < -0.4 is 36.6 Å². The smallest absolute Gasteiger partial charge is 0.271 e. The summed E-state index contributed by atoms with van der Waals surface area (Å²) >= 11 is 4.99. The van der Waals surface area contributed by atoms with Gasteiger partial charge in [0, 0.05) is 24.1 Å². The van der Waals surface area contributed by atoms with Crippen LogP contribution in [0, 0.1) is 13.8 Å². The zero-order valence-corrected chi connectivity index (χ0v) is 22.7. The largest absolute Gasteiger partial charge is 1.00 e. The predicted octanol–water partition coefficient (Wildman–Crippen LogP) is 1.08. The monoisotopic (exact) mass is 527 g/mol. The minimum absolute atomic E-state index is 0. The number of aromatic nitrogens is 2. The molecule has 0 fully saturated rings. The maximum Gasteiger partial charge on any atom is 0.271 e. The van der Waals surface area contributed by atoms with Crippen LogP contribution in [0.3, 0.4) is 0 Å². The average molecular weight is 528 g/mol. The molecule has 34 heavy (non-hydrogen) atoms. The van der Waals surface area contributed by atoms with Gasteiger partial charge in [-0.15, -0.1) is 11.3 Å². The third kappa shape index (κ3) is 4.50. The Balaban J connectivity index is 0.00000274. The molecule has 0 spiro atoms. The molecule has 3 heterocycles. The van der Waals surface area contributed by atoms with Crippen molar-refractivity contribution in [3.63, 3.8) is 0 Å². The summed E-state index contributed by atoms with van der Waals surface area (Å²) in [5.41, 5.74) is 5.09. The lowest BCUT2D eigenvalue weighted by molar-refractivity contribution is -0.685. The molecule has 0 radical (unpaired) electrons. The molecule has 0 atom stereocenters. The molecule has 0 bridgehead atoms. The lowest BCUT2D eigenvalue weighted by Crippen LogP contribution is -3.00. The molecule has 2 aromatic carbocycles. The van der Waals surface area contributed by atoms with Gasteiger partial charge in [0.25, 0.3) is 10.6 Å². The van der Waals surface area contributed by atoms with Crippen LogP contribution in [-0.4, -0.2) is 11.6 Å². The molecular formula is C26H26ClN3OS3. The van der Waals surface area contributed by atoms with Crippen LogP contribution in [0.15, 0.2) is 63.7 Å². The number of fused-ring (bicyclic) bond motifs is 1. The van der Waals surface area contributed by atoms with Crippen molar-refractivity contribution in [2.45, 2.75) is 38.8 Å². The maximum atomic E-state index is 13.4. The molecule has 8 heteroatoms. The second kappa shape index (κ2) is 10.1. The summed E-state index contributed by atoms with van der Waals surface area (Å²) in [7, 11) is 2.06. The third-order valence-electron chi connectivity index (χ3n) is 5.97. The first-order chi connectivity index (χ1) is 16.0. The summed E-state index contributed by atoms with van der Waals surface area (Å²) in [6.45, 7) is 7.77. The number of thioether (sulfide) groups is 1. The highest BCUT2D eigenvalue weighted by Crippen LogP contribution is 2.45. The van der Waals surface area contributed by atoms with E-state index >= 15 is 0 Å². The minimum Gasteiger partial charge on any atom is -1.00 e. The Morgan fingerprint density at radius 3 is 2.68 bits per heavy atom. The van der Waals surface area contributed by atoms with Crippen molar-refractivity contribution in [1.29, 1.82) is 0 Å². The number of benzene rings is 2. The Morgan fingerprint density at radius 1 is 1.12 bits per heavy atom. The van der Waals surface area contributed by atoms with E-state index in [0.717, 1.165) is 25.8 Å². The van der Waals surface area contributed by atoms with Gasteiger partial charge in [-0.2, -0.15) is 4.57 Å². The topological polar surface area (TPSA) is 29.1 Å². The van der Waals surface area contributed by atoms with Crippen LogP contribution in [-0.2, 0) is 13.1 Å². The fourth-order valence-electron chi connectivity index (χ4n) is 4.06. The first kappa shape index (κ1) is 24.8. The van der Waals surface area contributed by atoms with Gasteiger partial charge in [-0.3, -0.25) is 9.36 Å². The van der Waals surface area contributed by atoms with Crippen LogP contribution in [0.5, 0.6) is 0 Å². The first-order valence-corrected chi connectivity index (χ1v) is 13.5. The fraction of sp³-hybridized carbons (Fsp3) is 0.231. The van der Waals surface area contributed by atoms with Gasteiger partial charge in [0.05, 0.1) is 17.1 Å². The van der Waals surface area contributed by atoms with Crippen molar-refractivity contribution in [2.24, 2.45) is 0 Å². The number of aryl methyl sites for hydroxylation is 2. The molecule has 0 amide bonds. The van der Waals surface area contributed by atoms with Gasteiger partial charge in [-0.05, 0) is 44.0 Å². The van der Waals surface area contributed by atoms with Gasteiger partial charge < -0.3 is 17.3 Å². The molecule has 0 N–H and O–H groups in total. The van der Waals surface area contributed by atoms with E-state index in [1.165, 1.54) is 27.3 Å². The average Bonchev–Trinajstić information content (AvgIpc) is 3.46. The van der Waals surface area contributed by atoms with E-state index in [2.05, 4.69) is 90.5 Å². The highest BCUT2D eigenvalue weighted by Gasteiger charge is 2.25. The SMILES string of the molecule is CCn1c(=O)/c(=C2\Sc3ccc(C)cc3N2C)s/c1=C\c1scc[n+]1Cc1ccccc1C.[Cl-]. The van der Waals surface area contributed by atoms with Crippen molar-refractivity contribution >= 4 is 51.2 Å². The van der Waals surface area contributed by atoms with Gasteiger partial charge in [-0.25, -0.2) is 0 Å². The van der Waals surface area contributed by atoms with E-state index in [1.807, 2.05) is 11.5 Å². The summed E-state index contributed by atoms with van der Waals surface area (Å²) in [6, 6.07) is 15.0. The van der Waals surface area contributed by atoms with E-state index in [4.69, 9.17) is 0 Å². The van der Waals surface area contributed by atoms with Crippen LogP contribution in [0.1, 0.15) is 28.6 Å². The number of thiazole rings is 2. The number of hydrogen-bond donors (Lipinski definition) is 0. The zero-order chi connectivity index (χ0) is 23.1. The van der Waals surface area contributed by atoms with E-state index in [1.54, 1.807) is 34.4 Å². The van der Waals surface area contributed by atoms with E-state index in [0.29, 0.717) is 6.54 Å². The summed E-state index contributed by atoms with van der Waals surface area (Å²) < 4.78 is 5.96. The molecule has 5 rings (SSSR count). The Labute approximate surface area is 217 Å². The molecule has 1 aliphatic heterocycles. The molecule has 176 valence electrons. The second-order valence-electron chi connectivity index (χ2n) is 8.20. The summed E-state index contributed by atoms with van der Waals surface area (Å²) in [4.78, 5) is 16.8. The van der Waals surface area contributed by atoms with Gasteiger partial charge in [-0.1, -0.05) is 53.4 Å². The molecule has 4 aromatic rings. The molecular weight excluding hydrogens is 502 g/mol. The fourth-order valence-corrected chi connectivity index (χ4v) is 7.36. The van der Waals surface area contributed by atoms with Crippen molar-refractivity contribution in [3.8, 4) is 0 Å². The van der Waals surface area contributed by atoms with Crippen molar-refractivity contribution < 1.29 is 17.0 Å². The highest BCUT2D eigenvalue weighted by molar-refractivity contribution is 8.08.